The summed E-state index contributed by atoms with van der Waals surface area (Å²) in [4.78, 5) is 0.224. The molecule has 0 unspecified atom stereocenters. The Labute approximate surface area is 155 Å². The fourth-order valence-electron chi connectivity index (χ4n) is 2.58. The quantitative estimate of drug-likeness (QED) is 0.793. The summed E-state index contributed by atoms with van der Waals surface area (Å²) >= 11 is 3.37. The average molecular weight is 421 g/mol. The van der Waals surface area contributed by atoms with Crippen molar-refractivity contribution in [2.75, 3.05) is 11.9 Å². The van der Waals surface area contributed by atoms with Crippen molar-refractivity contribution in [1.82, 2.24) is 0 Å². The lowest BCUT2D eigenvalue weighted by Gasteiger charge is -2.08. The molecule has 1 aliphatic rings. The topological polar surface area (TPSA) is 67.8 Å². The second-order valence-electron chi connectivity index (χ2n) is 5.46. The predicted octanol–water partition coefficient (Wildman–Crippen LogP) is 4.43. The van der Waals surface area contributed by atoms with Gasteiger partial charge in [-0.15, -0.1) is 4.40 Å². The first-order valence-corrected chi connectivity index (χ1v) is 9.96. The van der Waals surface area contributed by atoms with Gasteiger partial charge in [-0.25, -0.2) is 0 Å². The van der Waals surface area contributed by atoms with E-state index in [2.05, 4.69) is 25.6 Å². The third-order valence-electron chi connectivity index (χ3n) is 3.68. The van der Waals surface area contributed by atoms with E-state index in [1.54, 1.807) is 25.1 Å². The summed E-state index contributed by atoms with van der Waals surface area (Å²) in [5.74, 6) is 1.09. The smallest absolute Gasteiger partial charge is 0.285 e. The van der Waals surface area contributed by atoms with Gasteiger partial charge >= 0.3 is 0 Å². The summed E-state index contributed by atoms with van der Waals surface area (Å²) < 4.78 is 35.1. The van der Waals surface area contributed by atoms with Crippen molar-refractivity contribution >= 4 is 42.4 Å². The molecule has 0 saturated carbocycles. The number of nitrogens with zero attached hydrogens (tertiary/aromatic N) is 1. The number of nitrogens with one attached hydrogen (secondary N) is 1. The molecule has 1 heterocycles. The number of rotatable bonds is 4. The molecule has 130 valence electrons. The first-order chi connectivity index (χ1) is 11.9. The van der Waals surface area contributed by atoms with E-state index in [1.807, 2.05) is 37.3 Å². The van der Waals surface area contributed by atoms with E-state index in [4.69, 9.17) is 4.74 Å². The van der Waals surface area contributed by atoms with Crippen molar-refractivity contribution < 1.29 is 13.2 Å². The van der Waals surface area contributed by atoms with Gasteiger partial charge in [-0.2, -0.15) is 8.42 Å². The molecule has 2 aromatic carbocycles. The van der Waals surface area contributed by atoms with Crippen LogP contribution in [-0.4, -0.2) is 20.9 Å². The zero-order valence-electron chi connectivity index (χ0n) is 13.8. The van der Waals surface area contributed by atoms with E-state index < -0.39 is 10.0 Å². The lowest BCUT2D eigenvalue weighted by Crippen LogP contribution is -2.11. The molecule has 25 heavy (non-hydrogen) atoms. The molecule has 1 aliphatic heterocycles. The van der Waals surface area contributed by atoms with Crippen molar-refractivity contribution in [1.29, 1.82) is 0 Å². The Hall–Kier alpha value is -2.12. The number of sulfonamides is 1. The highest BCUT2D eigenvalue weighted by atomic mass is 79.9. The summed E-state index contributed by atoms with van der Waals surface area (Å²) in [7, 11) is -3.73. The Morgan fingerprint density at radius 2 is 1.88 bits per heavy atom. The van der Waals surface area contributed by atoms with E-state index in [9.17, 15) is 8.42 Å². The molecule has 3 rings (SSSR count). The van der Waals surface area contributed by atoms with Crippen molar-refractivity contribution in [3.8, 4) is 5.75 Å². The van der Waals surface area contributed by atoms with Crippen LogP contribution in [0.2, 0.25) is 0 Å². The number of anilines is 1. The number of ether oxygens (including phenoxy) is 1. The number of amidine groups is 1. The van der Waals surface area contributed by atoms with Gasteiger partial charge in [0.2, 0.25) is 0 Å². The second-order valence-corrected chi connectivity index (χ2v) is 7.92. The first-order valence-electron chi connectivity index (χ1n) is 7.73. The third kappa shape index (κ3) is 3.77. The molecule has 0 fully saturated rings. The van der Waals surface area contributed by atoms with E-state index in [0.717, 1.165) is 15.9 Å². The Bertz CT molecular complexity index is 964. The standard InChI is InChI=1S/C18H17BrN2O3S/c1-3-24-16-9-7-15(8-10-16)20-18-12(2)17(25(22,23)21-18)13-5-4-6-14(19)11-13/h4-11H,3H2,1-2H3,(H,20,21). The van der Waals surface area contributed by atoms with Crippen LogP contribution in [0.3, 0.4) is 0 Å². The normalized spacial score (nSPS) is 15.9. The van der Waals surface area contributed by atoms with Crippen LogP contribution in [0, 0.1) is 0 Å². The van der Waals surface area contributed by atoms with Crippen LogP contribution < -0.4 is 10.1 Å². The summed E-state index contributed by atoms with van der Waals surface area (Å²) in [6.45, 7) is 4.26. The van der Waals surface area contributed by atoms with Crippen molar-refractivity contribution in [3.05, 3.63) is 64.1 Å². The first kappa shape index (κ1) is 17.7. The maximum absolute atomic E-state index is 12.5. The van der Waals surface area contributed by atoms with Gasteiger partial charge in [-0.1, -0.05) is 28.1 Å². The number of hydrogen-bond donors (Lipinski definition) is 1. The van der Waals surface area contributed by atoms with Crippen LogP contribution in [0.5, 0.6) is 5.75 Å². The Balaban J connectivity index is 1.92. The van der Waals surface area contributed by atoms with Gasteiger partial charge in [0, 0.05) is 15.7 Å². The summed E-state index contributed by atoms with van der Waals surface area (Å²) in [5.41, 5.74) is 1.94. The third-order valence-corrected chi connectivity index (χ3v) is 5.65. The molecular formula is C18H17BrN2O3S. The molecule has 7 heteroatoms. The van der Waals surface area contributed by atoms with Crippen molar-refractivity contribution in [2.24, 2.45) is 4.40 Å². The maximum Gasteiger partial charge on any atom is 0.285 e. The van der Waals surface area contributed by atoms with E-state index in [1.165, 1.54) is 0 Å². The largest absolute Gasteiger partial charge is 0.494 e. The van der Waals surface area contributed by atoms with Crippen LogP contribution in [-0.2, 0) is 10.0 Å². The molecule has 1 N–H and O–H groups in total. The fraction of sp³-hybridized carbons (Fsp3) is 0.167. The number of hydrogen-bond acceptors (Lipinski definition) is 4. The van der Waals surface area contributed by atoms with Crippen LogP contribution in [0.15, 0.2) is 63.0 Å². The average Bonchev–Trinajstić information content (AvgIpc) is 2.78. The highest BCUT2D eigenvalue weighted by Crippen LogP contribution is 2.34. The van der Waals surface area contributed by atoms with E-state index in [0.29, 0.717) is 23.6 Å². The zero-order valence-corrected chi connectivity index (χ0v) is 16.2. The summed E-state index contributed by atoms with van der Waals surface area (Å²) in [6.07, 6.45) is 0. The number of benzene rings is 2. The SMILES string of the molecule is CCOc1ccc(NC2=NS(=O)(=O)C(c3cccc(Br)c3)=C2C)cc1. The van der Waals surface area contributed by atoms with Crippen LogP contribution in [0.4, 0.5) is 5.69 Å². The minimum absolute atomic E-state index is 0.224. The molecule has 0 aromatic heterocycles. The zero-order chi connectivity index (χ0) is 18.0. The lowest BCUT2D eigenvalue weighted by atomic mass is 10.1. The molecule has 0 bridgehead atoms. The molecular weight excluding hydrogens is 404 g/mol. The molecule has 0 saturated heterocycles. The molecule has 2 aromatic rings. The maximum atomic E-state index is 12.5. The van der Waals surface area contributed by atoms with E-state index in [-0.39, 0.29) is 4.91 Å². The summed E-state index contributed by atoms with van der Waals surface area (Å²) in [6, 6.07) is 14.5. The molecule has 5 nitrogen and oxygen atoms in total. The molecule has 0 amide bonds. The summed E-state index contributed by atoms with van der Waals surface area (Å²) in [5, 5.41) is 3.08. The van der Waals surface area contributed by atoms with Gasteiger partial charge < -0.3 is 10.1 Å². The Kier molecular flexibility index (Phi) is 4.96. The molecule has 0 atom stereocenters. The van der Waals surface area contributed by atoms with E-state index >= 15 is 0 Å². The van der Waals surface area contributed by atoms with Gasteiger partial charge in [-0.05, 0) is 55.8 Å². The Morgan fingerprint density at radius 1 is 1.16 bits per heavy atom. The predicted molar refractivity (Wildman–Crippen MR) is 104 cm³/mol. The molecule has 0 aliphatic carbocycles. The van der Waals surface area contributed by atoms with Crippen molar-refractivity contribution in [3.63, 3.8) is 0 Å². The van der Waals surface area contributed by atoms with Gasteiger partial charge in [0.1, 0.15) is 16.5 Å². The number of halogens is 1. The molecule has 0 spiro atoms. The lowest BCUT2D eigenvalue weighted by molar-refractivity contribution is 0.340. The highest BCUT2D eigenvalue weighted by Gasteiger charge is 2.31. The van der Waals surface area contributed by atoms with Gasteiger partial charge in [0.15, 0.2) is 0 Å². The van der Waals surface area contributed by atoms with Crippen molar-refractivity contribution in [2.45, 2.75) is 13.8 Å². The molecule has 0 radical (unpaired) electrons. The van der Waals surface area contributed by atoms with Gasteiger partial charge in [0.05, 0.1) is 6.61 Å². The minimum atomic E-state index is -3.73. The second kappa shape index (κ2) is 7.01. The van der Waals surface area contributed by atoms with Crippen LogP contribution >= 0.6 is 15.9 Å². The highest BCUT2D eigenvalue weighted by molar-refractivity contribution is 9.10. The van der Waals surface area contributed by atoms with Crippen LogP contribution in [0.1, 0.15) is 19.4 Å². The monoisotopic (exact) mass is 420 g/mol. The van der Waals surface area contributed by atoms with Gasteiger partial charge in [0.25, 0.3) is 10.0 Å². The minimum Gasteiger partial charge on any atom is -0.494 e. The van der Waals surface area contributed by atoms with Gasteiger partial charge in [-0.3, -0.25) is 0 Å². The van der Waals surface area contributed by atoms with Crippen LogP contribution in [0.25, 0.3) is 4.91 Å². The fourth-order valence-corrected chi connectivity index (χ4v) is 4.41. The Morgan fingerprint density at radius 3 is 2.52 bits per heavy atom.